The number of allylic oxidation sites excluding steroid dienone is 4. The van der Waals surface area contributed by atoms with Crippen LogP contribution in [0.1, 0.15) is 123 Å². The van der Waals surface area contributed by atoms with E-state index in [4.69, 9.17) is 0 Å². The maximum atomic E-state index is 13.2. The van der Waals surface area contributed by atoms with E-state index in [0.29, 0.717) is 0 Å². The second-order valence-corrected chi connectivity index (χ2v) is 16.4. The van der Waals surface area contributed by atoms with Crippen molar-refractivity contribution in [3.63, 3.8) is 0 Å². The number of nitrogens with one attached hydrogen (secondary N) is 1. The molecule has 0 saturated carbocycles. The summed E-state index contributed by atoms with van der Waals surface area (Å²) in [6, 6.07) is 12.2. The molecule has 0 unspecified atom stereocenters. The first-order chi connectivity index (χ1) is 19.8. The summed E-state index contributed by atoms with van der Waals surface area (Å²) in [6.45, 7) is 27.9. The maximum absolute atomic E-state index is 13.2. The van der Waals surface area contributed by atoms with Crippen LogP contribution in [0.2, 0.25) is 0 Å². The molecule has 0 saturated heterocycles. The van der Waals surface area contributed by atoms with Crippen LogP contribution in [-0.4, -0.2) is 21.9 Å². The first kappa shape index (κ1) is 38.2. The minimum absolute atomic E-state index is 0. The van der Waals surface area contributed by atoms with Gasteiger partial charge in [0.1, 0.15) is 5.60 Å². The Hall–Kier alpha value is -2.99. The normalized spacial score (nSPS) is 16.3. The van der Waals surface area contributed by atoms with Gasteiger partial charge in [0, 0.05) is 41.0 Å². The summed E-state index contributed by atoms with van der Waals surface area (Å²) in [7, 11) is 0. The van der Waals surface area contributed by atoms with Crippen molar-refractivity contribution in [2.24, 2.45) is 0 Å². The second kappa shape index (κ2) is 13.0. The van der Waals surface area contributed by atoms with Crippen molar-refractivity contribution in [1.29, 1.82) is 0 Å². The number of benzene rings is 2. The number of aliphatic hydroxyl groups is 1. The van der Waals surface area contributed by atoms with Gasteiger partial charge in [-0.1, -0.05) is 119 Å². The van der Waals surface area contributed by atoms with Crippen LogP contribution in [-0.2, 0) is 49.1 Å². The van der Waals surface area contributed by atoms with Gasteiger partial charge < -0.3 is 10.4 Å². The molecule has 0 heterocycles. The van der Waals surface area contributed by atoms with Gasteiger partial charge in [-0.3, -0.25) is 14.9 Å². The Kier molecular flexibility index (Phi) is 11.0. The molecule has 45 heavy (non-hydrogen) atoms. The van der Waals surface area contributed by atoms with Crippen LogP contribution in [0.4, 0.5) is 0 Å². The zero-order valence-corrected chi connectivity index (χ0v) is 30.2. The molecule has 2 aromatic carbocycles. The van der Waals surface area contributed by atoms with Crippen molar-refractivity contribution in [3.8, 4) is 0 Å². The molecule has 0 amide bonds. The average molecular weight is 664 g/mol. The Balaban J connectivity index is 0.00000705. The predicted molar refractivity (Wildman–Crippen MR) is 181 cm³/mol. The van der Waals surface area contributed by atoms with Crippen molar-refractivity contribution in [2.45, 2.75) is 123 Å². The molecule has 249 valence electrons. The smallest absolute Gasteiger partial charge is 0.270 e. The number of hydrogen-bond donors (Lipinski definition) is 2. The van der Waals surface area contributed by atoms with Gasteiger partial charge in [-0.25, -0.2) is 0 Å². The number of carbonyl (C=O) groups is 1. The predicted octanol–water partition coefficient (Wildman–Crippen LogP) is 8.27. The van der Waals surface area contributed by atoms with Crippen molar-refractivity contribution in [1.82, 2.24) is 5.32 Å². The van der Waals surface area contributed by atoms with Crippen LogP contribution in [0.15, 0.2) is 72.1 Å². The molecular formula is C38H52CuN2O4. The largest absolute Gasteiger partial charge is 0.384 e. The quantitative estimate of drug-likeness (QED) is 0.140. The summed E-state index contributed by atoms with van der Waals surface area (Å²) in [5, 5.41) is 27.9. The first-order valence-corrected chi connectivity index (χ1v) is 15.5. The molecule has 3 rings (SSSR count). The van der Waals surface area contributed by atoms with Crippen molar-refractivity contribution >= 4 is 5.78 Å². The standard InChI is InChI=1S/C38H52N2O4.Cu/c1-24(39-23-25-16-32(40(43)44)14-15-33(25)41)38(42,30-19-26(34(2,3)4)17-27(20-30)35(5,6)7)31-21-28(36(8,9)10)18-29(22-31)37(11,12)13;/h14-24,39,42H,1-13H3;/b25-23-;/t24-;/m0./s1. The third-order valence-corrected chi connectivity index (χ3v) is 8.53. The van der Waals surface area contributed by atoms with Gasteiger partial charge in [0.15, 0.2) is 5.78 Å². The average Bonchev–Trinajstić information content (AvgIpc) is 2.89. The Morgan fingerprint density at radius 1 is 0.689 bits per heavy atom. The molecule has 2 N–H and O–H groups in total. The van der Waals surface area contributed by atoms with Gasteiger partial charge in [0.05, 0.1) is 11.0 Å². The molecule has 1 atom stereocenters. The molecule has 0 spiro atoms. The van der Waals surface area contributed by atoms with E-state index < -0.39 is 16.6 Å². The number of ketones is 1. The van der Waals surface area contributed by atoms with Crippen molar-refractivity contribution in [3.05, 3.63) is 116 Å². The fourth-order valence-corrected chi connectivity index (χ4v) is 5.19. The molecule has 0 aromatic heterocycles. The van der Waals surface area contributed by atoms with Gasteiger partial charge in [0.2, 0.25) is 0 Å². The monoisotopic (exact) mass is 663 g/mol. The molecule has 7 heteroatoms. The van der Waals surface area contributed by atoms with Crippen LogP contribution < -0.4 is 5.32 Å². The van der Waals surface area contributed by atoms with Gasteiger partial charge in [-0.15, -0.1) is 0 Å². The van der Waals surface area contributed by atoms with E-state index in [-0.39, 0.29) is 55.8 Å². The van der Waals surface area contributed by atoms with E-state index in [1.807, 2.05) is 6.92 Å². The van der Waals surface area contributed by atoms with Crippen LogP contribution >= 0.6 is 0 Å². The first-order valence-electron chi connectivity index (χ1n) is 15.5. The topological polar surface area (TPSA) is 92.5 Å². The Morgan fingerprint density at radius 3 is 1.33 bits per heavy atom. The minimum atomic E-state index is -1.54. The summed E-state index contributed by atoms with van der Waals surface area (Å²) in [5.41, 5.74) is 3.68. The summed E-state index contributed by atoms with van der Waals surface area (Å²) in [5.74, 6) is -0.340. The minimum Gasteiger partial charge on any atom is -0.384 e. The molecular weight excluding hydrogens is 612 g/mol. The summed E-state index contributed by atoms with van der Waals surface area (Å²) in [6.07, 6.45) is 5.16. The third kappa shape index (κ3) is 8.64. The Bertz CT molecular complexity index is 1400. The van der Waals surface area contributed by atoms with Gasteiger partial charge in [-0.05, 0) is 68.0 Å². The van der Waals surface area contributed by atoms with Crippen molar-refractivity contribution in [2.75, 3.05) is 0 Å². The summed E-state index contributed by atoms with van der Waals surface area (Å²) >= 11 is 0. The molecule has 1 radical (unpaired) electrons. The Labute approximate surface area is 281 Å². The zero-order chi connectivity index (χ0) is 33.6. The van der Waals surface area contributed by atoms with Crippen LogP contribution in [0.3, 0.4) is 0 Å². The number of hydrogen-bond acceptors (Lipinski definition) is 5. The van der Waals surface area contributed by atoms with E-state index in [0.717, 1.165) is 33.4 Å². The molecule has 2 aromatic rings. The molecule has 0 bridgehead atoms. The molecule has 6 nitrogen and oxygen atoms in total. The number of nitrogens with zero attached hydrogens (tertiary/aromatic N) is 1. The number of rotatable bonds is 6. The van der Waals surface area contributed by atoms with E-state index in [9.17, 15) is 20.0 Å². The number of carbonyl (C=O) groups excluding carboxylic acids is 1. The molecule has 0 fully saturated rings. The van der Waals surface area contributed by atoms with Gasteiger partial charge in [0.25, 0.3) is 5.70 Å². The zero-order valence-electron chi connectivity index (χ0n) is 29.3. The van der Waals surface area contributed by atoms with E-state index in [2.05, 4.69) is 125 Å². The SMILES string of the molecule is C[C@H](N/C=C1/C=C([N+](=O)[O-])C=CC1=O)C(O)(c1cc(C(C)(C)C)cc(C(C)(C)C)c1)c1cc(C(C)(C)C)cc(C(C)(C)C)c1.[Cu]. The van der Waals surface area contributed by atoms with E-state index in [1.54, 1.807) is 0 Å². The van der Waals surface area contributed by atoms with Crippen LogP contribution in [0.25, 0.3) is 0 Å². The fourth-order valence-electron chi connectivity index (χ4n) is 5.19. The maximum Gasteiger partial charge on any atom is 0.270 e. The molecule has 0 aliphatic heterocycles. The molecule has 1 aliphatic rings. The van der Waals surface area contributed by atoms with E-state index in [1.165, 1.54) is 24.4 Å². The van der Waals surface area contributed by atoms with Crippen LogP contribution in [0, 0.1) is 10.1 Å². The molecule has 1 aliphatic carbocycles. The van der Waals surface area contributed by atoms with E-state index >= 15 is 0 Å². The Morgan fingerprint density at radius 2 is 1.02 bits per heavy atom. The summed E-state index contributed by atoms with van der Waals surface area (Å²) < 4.78 is 0. The number of nitro groups is 1. The van der Waals surface area contributed by atoms with Gasteiger partial charge >= 0.3 is 0 Å². The van der Waals surface area contributed by atoms with Crippen molar-refractivity contribution < 1.29 is 31.9 Å². The van der Waals surface area contributed by atoms with Crippen LogP contribution in [0.5, 0.6) is 0 Å². The second-order valence-electron chi connectivity index (χ2n) is 16.4. The third-order valence-electron chi connectivity index (χ3n) is 8.53. The summed E-state index contributed by atoms with van der Waals surface area (Å²) in [4.78, 5) is 23.6. The fraction of sp³-hybridized carbons (Fsp3) is 0.500. The van der Waals surface area contributed by atoms with Gasteiger partial charge in [-0.2, -0.15) is 0 Å².